The highest BCUT2D eigenvalue weighted by Gasteiger charge is 2.35. The van der Waals surface area contributed by atoms with Crippen LogP contribution in [0.25, 0.3) is 10.9 Å². The van der Waals surface area contributed by atoms with E-state index in [9.17, 15) is 4.79 Å². The van der Waals surface area contributed by atoms with Gasteiger partial charge >= 0.3 is 0 Å². The van der Waals surface area contributed by atoms with Gasteiger partial charge in [-0.15, -0.1) is 5.10 Å². The molecular formula is C27H36N6O3. The molecule has 1 atom stereocenters. The second-order valence-electron chi connectivity index (χ2n) is 10.5. The lowest BCUT2D eigenvalue weighted by Crippen LogP contribution is -2.39. The summed E-state index contributed by atoms with van der Waals surface area (Å²) in [6, 6.07) is 6.77. The summed E-state index contributed by atoms with van der Waals surface area (Å²) in [5.41, 5.74) is 1.50. The van der Waals surface area contributed by atoms with E-state index in [1.165, 1.54) is 25.7 Å². The number of hydrogen-bond donors (Lipinski definition) is 1. The lowest BCUT2D eigenvalue weighted by atomic mass is 10.0. The first-order valence-electron chi connectivity index (χ1n) is 13.7. The van der Waals surface area contributed by atoms with Crippen LogP contribution in [-0.4, -0.2) is 49.3 Å². The predicted molar refractivity (Wildman–Crippen MR) is 136 cm³/mol. The van der Waals surface area contributed by atoms with Gasteiger partial charge in [0.15, 0.2) is 17.3 Å². The molecule has 0 saturated heterocycles. The number of rotatable bonds is 8. The molecule has 2 saturated carbocycles. The predicted octanol–water partition coefficient (Wildman–Crippen LogP) is 4.69. The Hall–Kier alpha value is -2.94. The van der Waals surface area contributed by atoms with Gasteiger partial charge < -0.3 is 14.5 Å². The summed E-state index contributed by atoms with van der Waals surface area (Å²) < 4.78 is 13.6. The third-order valence-corrected chi connectivity index (χ3v) is 8.18. The molecule has 0 unspecified atom stereocenters. The standard InChI is InChI=1S/C27H36N6O3/c1-2-7-23(26-29-30-31-33(26)21-10-5-6-11-21)32(20-8-3-4-9-20)17-19-14-18-15-24-25(36-13-12-35-24)16-22(18)28-27(19)34/h14-16,20-21,23H,2-13,17H2,1H3,(H,28,34)/t23-/m1/s1. The lowest BCUT2D eigenvalue weighted by molar-refractivity contribution is 0.106. The highest BCUT2D eigenvalue weighted by atomic mass is 16.6. The quantitative estimate of drug-likeness (QED) is 0.487. The van der Waals surface area contributed by atoms with Gasteiger partial charge in [-0.1, -0.05) is 39.0 Å². The summed E-state index contributed by atoms with van der Waals surface area (Å²) in [4.78, 5) is 18.9. The van der Waals surface area contributed by atoms with Crippen LogP contribution < -0.4 is 15.0 Å². The fourth-order valence-electron chi connectivity index (χ4n) is 6.38. The number of hydrogen-bond acceptors (Lipinski definition) is 7. The summed E-state index contributed by atoms with van der Waals surface area (Å²) >= 11 is 0. The van der Waals surface area contributed by atoms with Crippen LogP contribution >= 0.6 is 0 Å². The van der Waals surface area contributed by atoms with Crippen molar-refractivity contribution in [2.24, 2.45) is 0 Å². The lowest BCUT2D eigenvalue weighted by Gasteiger charge is -2.36. The summed E-state index contributed by atoms with van der Waals surface area (Å²) in [5.74, 6) is 2.39. The SMILES string of the molecule is CCC[C@H](c1nnnn1C1CCCC1)N(Cc1cc2cc3c(cc2[nH]c1=O)OCCO3)C1CCCC1. The summed E-state index contributed by atoms with van der Waals surface area (Å²) in [7, 11) is 0. The fourth-order valence-corrected chi connectivity index (χ4v) is 6.38. The van der Waals surface area contributed by atoms with E-state index in [0.717, 1.165) is 66.6 Å². The van der Waals surface area contributed by atoms with E-state index in [1.54, 1.807) is 0 Å². The molecule has 3 aliphatic rings. The number of aromatic amines is 1. The van der Waals surface area contributed by atoms with E-state index in [1.807, 2.05) is 18.2 Å². The molecule has 0 amide bonds. The minimum absolute atomic E-state index is 0.0483. The number of pyridine rings is 1. The van der Waals surface area contributed by atoms with Crippen molar-refractivity contribution in [2.45, 2.75) is 95.8 Å². The largest absolute Gasteiger partial charge is 0.486 e. The van der Waals surface area contributed by atoms with Crippen LogP contribution in [0.3, 0.4) is 0 Å². The van der Waals surface area contributed by atoms with Gasteiger partial charge in [0.2, 0.25) is 0 Å². The zero-order valence-corrected chi connectivity index (χ0v) is 21.1. The van der Waals surface area contributed by atoms with Crippen LogP contribution in [-0.2, 0) is 6.54 Å². The monoisotopic (exact) mass is 492 g/mol. The molecule has 3 heterocycles. The van der Waals surface area contributed by atoms with Crippen molar-refractivity contribution in [1.29, 1.82) is 0 Å². The molecule has 0 spiro atoms. The van der Waals surface area contributed by atoms with Gasteiger partial charge in [0.1, 0.15) is 13.2 Å². The van der Waals surface area contributed by atoms with Crippen LogP contribution in [0.5, 0.6) is 11.5 Å². The Labute approximate surface area is 211 Å². The second kappa shape index (κ2) is 10.2. The molecule has 9 heteroatoms. The van der Waals surface area contributed by atoms with Crippen molar-refractivity contribution >= 4 is 10.9 Å². The van der Waals surface area contributed by atoms with Gasteiger partial charge in [-0.2, -0.15) is 0 Å². The number of H-pyrrole nitrogens is 1. The highest BCUT2D eigenvalue weighted by molar-refractivity contribution is 5.83. The summed E-state index contributed by atoms with van der Waals surface area (Å²) in [6.45, 7) is 3.86. The average molecular weight is 493 g/mol. The molecule has 9 nitrogen and oxygen atoms in total. The van der Waals surface area contributed by atoms with Crippen molar-refractivity contribution in [1.82, 2.24) is 30.1 Å². The van der Waals surface area contributed by atoms with Crippen molar-refractivity contribution in [2.75, 3.05) is 13.2 Å². The molecule has 36 heavy (non-hydrogen) atoms. The third-order valence-electron chi connectivity index (χ3n) is 8.18. The van der Waals surface area contributed by atoms with Gasteiger partial charge in [0.25, 0.3) is 5.56 Å². The van der Waals surface area contributed by atoms with Crippen LogP contribution in [0.4, 0.5) is 0 Å². The maximum Gasteiger partial charge on any atom is 0.252 e. The molecular weight excluding hydrogens is 456 g/mol. The first-order valence-corrected chi connectivity index (χ1v) is 13.7. The molecule has 2 fully saturated rings. The number of nitrogens with one attached hydrogen (secondary N) is 1. The Bertz CT molecular complexity index is 1260. The maximum absolute atomic E-state index is 13.3. The van der Waals surface area contributed by atoms with E-state index >= 15 is 0 Å². The van der Waals surface area contributed by atoms with Crippen LogP contribution in [0, 0.1) is 0 Å². The molecule has 1 aliphatic heterocycles. The Kier molecular flexibility index (Phi) is 6.65. The van der Waals surface area contributed by atoms with E-state index in [4.69, 9.17) is 9.47 Å². The molecule has 1 N–H and O–H groups in total. The van der Waals surface area contributed by atoms with E-state index < -0.39 is 0 Å². The van der Waals surface area contributed by atoms with Crippen molar-refractivity contribution in [3.63, 3.8) is 0 Å². The summed E-state index contributed by atoms with van der Waals surface area (Å²) in [6.07, 6.45) is 11.5. The second-order valence-corrected chi connectivity index (χ2v) is 10.5. The Morgan fingerprint density at radius 2 is 1.78 bits per heavy atom. The molecule has 3 aromatic rings. The third kappa shape index (κ3) is 4.49. The molecule has 2 aliphatic carbocycles. The molecule has 6 rings (SSSR count). The number of ether oxygens (including phenoxy) is 2. The first-order chi connectivity index (χ1) is 17.7. The normalized spacial score (nSPS) is 19.5. The smallest absolute Gasteiger partial charge is 0.252 e. The van der Waals surface area contributed by atoms with E-state index in [2.05, 4.69) is 37.0 Å². The minimum Gasteiger partial charge on any atom is -0.486 e. The minimum atomic E-state index is -0.0483. The maximum atomic E-state index is 13.3. The van der Waals surface area contributed by atoms with Gasteiger partial charge in [-0.25, -0.2) is 4.68 Å². The highest BCUT2D eigenvalue weighted by Crippen LogP contribution is 2.38. The Morgan fingerprint density at radius 3 is 2.53 bits per heavy atom. The number of tetrazole rings is 1. The molecule has 1 aromatic carbocycles. The van der Waals surface area contributed by atoms with Gasteiger partial charge in [0, 0.05) is 29.6 Å². The Morgan fingerprint density at radius 1 is 1.06 bits per heavy atom. The number of benzene rings is 1. The molecule has 2 aromatic heterocycles. The van der Waals surface area contributed by atoms with Crippen molar-refractivity contribution in [3.05, 3.63) is 39.9 Å². The number of fused-ring (bicyclic) bond motifs is 2. The van der Waals surface area contributed by atoms with Crippen LogP contribution in [0.2, 0.25) is 0 Å². The van der Waals surface area contributed by atoms with Crippen LogP contribution in [0.1, 0.15) is 94.6 Å². The molecule has 0 bridgehead atoms. The molecule has 0 radical (unpaired) electrons. The Balaban J connectivity index is 1.37. The van der Waals surface area contributed by atoms with Gasteiger partial charge in [0.05, 0.1) is 17.6 Å². The van der Waals surface area contributed by atoms with Gasteiger partial charge in [-0.3, -0.25) is 9.69 Å². The number of nitrogens with zero attached hydrogens (tertiary/aromatic N) is 5. The van der Waals surface area contributed by atoms with E-state index in [0.29, 0.717) is 37.6 Å². The fraction of sp³-hybridized carbons (Fsp3) is 0.630. The van der Waals surface area contributed by atoms with Gasteiger partial charge in [-0.05, 0) is 54.7 Å². The summed E-state index contributed by atoms with van der Waals surface area (Å²) in [5, 5.41) is 14.1. The first kappa shape index (κ1) is 23.5. The average Bonchev–Trinajstić information content (AvgIpc) is 3.68. The zero-order valence-electron chi connectivity index (χ0n) is 21.1. The van der Waals surface area contributed by atoms with Crippen molar-refractivity contribution in [3.8, 4) is 11.5 Å². The zero-order chi connectivity index (χ0) is 24.5. The van der Waals surface area contributed by atoms with Crippen LogP contribution in [0.15, 0.2) is 23.0 Å². The number of aromatic nitrogens is 5. The van der Waals surface area contributed by atoms with Crippen molar-refractivity contribution < 1.29 is 9.47 Å². The topological polar surface area (TPSA) is 98.2 Å². The van der Waals surface area contributed by atoms with E-state index in [-0.39, 0.29) is 11.6 Å². The molecule has 192 valence electrons.